The molecule has 0 N–H and O–H groups in total. The van der Waals surface area contributed by atoms with Crippen molar-refractivity contribution in [2.45, 2.75) is 25.4 Å². The number of rotatable bonds is 1. The van der Waals surface area contributed by atoms with Crippen molar-refractivity contribution in [1.82, 2.24) is 4.98 Å². The van der Waals surface area contributed by atoms with Crippen molar-refractivity contribution in [1.29, 1.82) is 0 Å². The summed E-state index contributed by atoms with van der Waals surface area (Å²) < 4.78 is 0. The van der Waals surface area contributed by atoms with Crippen LogP contribution in [0.25, 0.3) is 0 Å². The lowest BCUT2D eigenvalue weighted by molar-refractivity contribution is -0.0138. The number of aryl methyl sites for hydroxylation is 1. The molecule has 2 aliphatic rings. The van der Waals surface area contributed by atoms with E-state index in [4.69, 9.17) is 9.68 Å². The molecular weight excluding hydrogens is 314 g/mol. The molecule has 0 bridgehead atoms. The van der Waals surface area contributed by atoms with Gasteiger partial charge in [-0.1, -0.05) is 40.6 Å². The molecule has 1 aliphatic heterocycles. The number of nitrogens with zero attached hydrogens (tertiary/aromatic N) is 3. The summed E-state index contributed by atoms with van der Waals surface area (Å²) in [5.41, 5.74) is 4.88. The Balaban J connectivity index is 1.61. The van der Waals surface area contributed by atoms with Gasteiger partial charge in [-0.25, -0.2) is 4.98 Å². The highest BCUT2D eigenvalue weighted by molar-refractivity contribution is 6.08. The fourth-order valence-corrected chi connectivity index (χ4v) is 3.32. The quantitative estimate of drug-likeness (QED) is 0.596. The van der Waals surface area contributed by atoms with Crippen LogP contribution in [-0.4, -0.2) is 23.5 Å². The normalized spacial score (nSPS) is 22.2. The number of aromatic nitrogens is 1. The molecule has 2 heterocycles. The van der Waals surface area contributed by atoms with Crippen LogP contribution in [0.4, 0.5) is 0 Å². The maximum Gasteiger partial charge on any atom is 0.175 e. The predicted molar refractivity (Wildman–Crippen MR) is 95.3 cm³/mol. The van der Waals surface area contributed by atoms with Crippen LogP contribution in [0, 0.1) is 18.8 Å². The predicted octanol–water partition coefficient (Wildman–Crippen LogP) is 3.17. The van der Waals surface area contributed by atoms with Gasteiger partial charge in [-0.3, -0.25) is 0 Å². The minimum Gasteiger partial charge on any atom is -0.399 e. The molecule has 5 heteroatoms. The van der Waals surface area contributed by atoms with Crippen LogP contribution < -0.4 is 0 Å². The van der Waals surface area contributed by atoms with E-state index in [1.165, 1.54) is 0 Å². The fourth-order valence-electron chi connectivity index (χ4n) is 3.32. The average Bonchev–Trinajstić information content (AvgIpc) is 3.17. The number of pyridine rings is 1. The summed E-state index contributed by atoms with van der Waals surface area (Å²) in [5, 5.41) is 8.37. The minimum atomic E-state index is -0.530. The molecule has 1 atom stereocenters. The van der Waals surface area contributed by atoms with E-state index in [9.17, 15) is 0 Å². The van der Waals surface area contributed by atoms with E-state index in [0.717, 1.165) is 33.9 Å². The molecule has 0 amide bonds. The largest absolute Gasteiger partial charge is 0.399 e. The monoisotopic (exact) mass is 331 g/mol. The summed E-state index contributed by atoms with van der Waals surface area (Å²) in [6, 6.07) is 13.9. The van der Waals surface area contributed by atoms with Gasteiger partial charge in [0.25, 0.3) is 0 Å². The number of hydrogen-bond donors (Lipinski definition) is 0. The Morgan fingerprint density at radius 3 is 2.84 bits per heavy atom. The van der Waals surface area contributed by atoms with Crippen molar-refractivity contribution in [3.05, 3.63) is 65.0 Å². The van der Waals surface area contributed by atoms with Crippen molar-refractivity contribution in [2.75, 3.05) is 7.11 Å². The van der Waals surface area contributed by atoms with Gasteiger partial charge in [0.05, 0.1) is 5.71 Å². The highest BCUT2D eigenvalue weighted by Crippen LogP contribution is 2.45. The van der Waals surface area contributed by atoms with Gasteiger partial charge in [0, 0.05) is 29.7 Å². The summed E-state index contributed by atoms with van der Waals surface area (Å²) in [7, 11) is 1.55. The van der Waals surface area contributed by atoms with Gasteiger partial charge in [-0.05, 0) is 30.9 Å². The Morgan fingerprint density at radius 1 is 1.12 bits per heavy atom. The first-order valence-corrected chi connectivity index (χ1v) is 8.11. The van der Waals surface area contributed by atoms with Gasteiger partial charge >= 0.3 is 0 Å². The SMILES string of the molecule is CO/N=C1\CC2(CC(C#Cc3cccc(C)n3)=NO2)c2ccccc21. The van der Waals surface area contributed by atoms with E-state index in [1.54, 1.807) is 7.11 Å². The highest BCUT2D eigenvalue weighted by atomic mass is 16.7. The lowest BCUT2D eigenvalue weighted by Crippen LogP contribution is -2.23. The molecule has 1 aromatic carbocycles. The minimum absolute atomic E-state index is 0.530. The zero-order valence-corrected chi connectivity index (χ0v) is 14.1. The summed E-state index contributed by atoms with van der Waals surface area (Å²) in [5.74, 6) is 6.16. The zero-order valence-electron chi connectivity index (χ0n) is 14.1. The van der Waals surface area contributed by atoms with Gasteiger partial charge in [0.15, 0.2) is 5.60 Å². The van der Waals surface area contributed by atoms with Crippen molar-refractivity contribution in [3.8, 4) is 11.8 Å². The Hall–Kier alpha value is -3.13. The van der Waals surface area contributed by atoms with Crippen LogP contribution in [0.1, 0.15) is 35.4 Å². The molecule has 2 aromatic rings. The number of hydrogen-bond acceptors (Lipinski definition) is 5. The molecule has 0 radical (unpaired) electrons. The molecule has 0 saturated carbocycles. The topological polar surface area (TPSA) is 56.1 Å². The second-order valence-corrected chi connectivity index (χ2v) is 6.16. The number of fused-ring (bicyclic) bond motifs is 2. The molecule has 1 unspecified atom stereocenters. The average molecular weight is 331 g/mol. The second kappa shape index (κ2) is 6.06. The van der Waals surface area contributed by atoms with E-state index in [1.807, 2.05) is 43.3 Å². The lowest BCUT2D eigenvalue weighted by atomic mass is 9.91. The van der Waals surface area contributed by atoms with Crippen LogP contribution in [0.15, 0.2) is 52.8 Å². The molecule has 124 valence electrons. The molecule has 1 aromatic heterocycles. The Kier molecular flexibility index (Phi) is 3.73. The van der Waals surface area contributed by atoms with Crippen LogP contribution >= 0.6 is 0 Å². The Morgan fingerprint density at radius 2 is 2.00 bits per heavy atom. The van der Waals surface area contributed by atoms with Crippen LogP contribution in [0.3, 0.4) is 0 Å². The molecule has 4 rings (SSSR count). The molecule has 1 aliphatic carbocycles. The Labute approximate surface area is 146 Å². The molecular formula is C20H17N3O2. The van der Waals surface area contributed by atoms with E-state index >= 15 is 0 Å². The number of benzene rings is 1. The van der Waals surface area contributed by atoms with Gasteiger partial charge < -0.3 is 9.68 Å². The van der Waals surface area contributed by atoms with Crippen molar-refractivity contribution >= 4 is 11.4 Å². The third-order valence-corrected chi connectivity index (χ3v) is 4.39. The standard InChI is InChI=1S/C20H17N3O2/c1-14-6-5-7-15(21-14)10-11-16-12-20(25-22-16)13-19(23-24-2)17-8-3-4-9-18(17)20/h3-9H,12-13H2,1-2H3/b23-19+. The third kappa shape index (κ3) is 2.76. The lowest BCUT2D eigenvalue weighted by Gasteiger charge is -2.20. The van der Waals surface area contributed by atoms with Crippen LogP contribution in [0.5, 0.6) is 0 Å². The van der Waals surface area contributed by atoms with E-state index < -0.39 is 5.60 Å². The van der Waals surface area contributed by atoms with E-state index in [-0.39, 0.29) is 0 Å². The van der Waals surface area contributed by atoms with Gasteiger partial charge in [-0.2, -0.15) is 0 Å². The molecule has 0 fully saturated rings. The van der Waals surface area contributed by atoms with Gasteiger partial charge in [0.1, 0.15) is 18.5 Å². The van der Waals surface area contributed by atoms with Crippen LogP contribution in [-0.2, 0) is 15.3 Å². The van der Waals surface area contributed by atoms with E-state index in [0.29, 0.717) is 12.8 Å². The first-order chi connectivity index (χ1) is 12.2. The maximum atomic E-state index is 5.86. The Bertz CT molecular complexity index is 953. The fraction of sp³-hybridized carbons (Fsp3) is 0.250. The summed E-state index contributed by atoms with van der Waals surface area (Å²) >= 11 is 0. The van der Waals surface area contributed by atoms with Crippen LogP contribution in [0.2, 0.25) is 0 Å². The first-order valence-electron chi connectivity index (χ1n) is 8.11. The molecule has 0 saturated heterocycles. The summed E-state index contributed by atoms with van der Waals surface area (Å²) in [6.45, 7) is 1.95. The van der Waals surface area contributed by atoms with Crippen molar-refractivity contribution in [2.24, 2.45) is 10.3 Å². The third-order valence-electron chi connectivity index (χ3n) is 4.39. The van der Waals surface area contributed by atoms with Crippen molar-refractivity contribution in [3.63, 3.8) is 0 Å². The smallest absolute Gasteiger partial charge is 0.175 e. The second-order valence-electron chi connectivity index (χ2n) is 6.16. The summed E-state index contributed by atoms with van der Waals surface area (Å²) in [4.78, 5) is 15.2. The van der Waals surface area contributed by atoms with Gasteiger partial charge in [0.2, 0.25) is 0 Å². The molecule has 5 nitrogen and oxygen atoms in total. The van der Waals surface area contributed by atoms with Crippen molar-refractivity contribution < 1.29 is 9.68 Å². The maximum absolute atomic E-state index is 5.86. The number of oxime groups is 2. The molecule has 25 heavy (non-hydrogen) atoms. The first kappa shape index (κ1) is 15.4. The van der Waals surface area contributed by atoms with E-state index in [2.05, 4.69) is 33.2 Å². The molecule has 1 spiro atoms. The summed E-state index contributed by atoms with van der Waals surface area (Å²) in [6.07, 6.45) is 1.24. The highest BCUT2D eigenvalue weighted by Gasteiger charge is 2.48. The zero-order chi connectivity index (χ0) is 17.3. The van der Waals surface area contributed by atoms with Gasteiger partial charge in [-0.15, -0.1) is 0 Å².